The summed E-state index contributed by atoms with van der Waals surface area (Å²) in [6, 6.07) is 0. The summed E-state index contributed by atoms with van der Waals surface area (Å²) in [7, 11) is 0.822. The predicted octanol–water partition coefficient (Wildman–Crippen LogP) is 2.30. The van der Waals surface area contributed by atoms with Crippen LogP contribution >= 0.6 is 0 Å². The summed E-state index contributed by atoms with van der Waals surface area (Å²) < 4.78 is 58.9. The topological polar surface area (TPSA) is 46.5 Å². The van der Waals surface area contributed by atoms with Gasteiger partial charge in [0.2, 0.25) is 0 Å². The zero-order chi connectivity index (χ0) is 15.0. The van der Waals surface area contributed by atoms with E-state index in [0.717, 1.165) is 7.11 Å². The van der Waals surface area contributed by atoms with Gasteiger partial charge in [0.05, 0.1) is 13.7 Å². The second-order valence-corrected chi connectivity index (χ2v) is 4.54. The number of esters is 1. The van der Waals surface area contributed by atoms with Crippen molar-refractivity contribution in [2.45, 2.75) is 19.3 Å². The van der Waals surface area contributed by atoms with Gasteiger partial charge in [0, 0.05) is 11.0 Å². The van der Waals surface area contributed by atoms with Crippen molar-refractivity contribution in [3.8, 4) is 0 Å². The normalized spacial score (nSPS) is 11.6. The molecule has 106 valence electrons. The average molecular weight is 280 g/mol. The van der Waals surface area contributed by atoms with E-state index in [0.29, 0.717) is 0 Å². The Morgan fingerprint density at radius 2 is 1.53 bits per heavy atom. The quantitative estimate of drug-likeness (QED) is 0.525. The number of carbonyl (C=O) groups is 1. The standard InChI is InChI=1S/C12H12F4O3/c1-12(2,4-17)6-9(15)7(13)5(11(18)19-3)8(14)10(6)16/h17H,4H2,1-3H3. The van der Waals surface area contributed by atoms with Gasteiger partial charge in [-0.25, -0.2) is 22.4 Å². The van der Waals surface area contributed by atoms with Gasteiger partial charge in [-0.05, 0) is 0 Å². The van der Waals surface area contributed by atoms with E-state index in [-0.39, 0.29) is 0 Å². The van der Waals surface area contributed by atoms with E-state index in [9.17, 15) is 22.4 Å². The molecule has 0 heterocycles. The van der Waals surface area contributed by atoms with Crippen molar-refractivity contribution < 1.29 is 32.2 Å². The molecule has 0 saturated heterocycles. The second-order valence-electron chi connectivity index (χ2n) is 4.54. The van der Waals surface area contributed by atoms with Gasteiger partial charge >= 0.3 is 5.97 Å². The van der Waals surface area contributed by atoms with Gasteiger partial charge in [0.15, 0.2) is 23.3 Å². The first kappa shape index (κ1) is 15.4. The van der Waals surface area contributed by atoms with Crippen molar-refractivity contribution in [3.05, 3.63) is 34.4 Å². The lowest BCUT2D eigenvalue weighted by Gasteiger charge is -2.24. The van der Waals surface area contributed by atoms with Crippen LogP contribution in [-0.4, -0.2) is 24.8 Å². The maximum Gasteiger partial charge on any atom is 0.344 e. The third-order valence-electron chi connectivity index (χ3n) is 2.72. The summed E-state index contributed by atoms with van der Waals surface area (Å²) in [6.45, 7) is 1.66. The molecule has 1 N–H and O–H groups in total. The van der Waals surface area contributed by atoms with Crippen molar-refractivity contribution in [1.29, 1.82) is 0 Å². The van der Waals surface area contributed by atoms with Crippen LogP contribution in [0.4, 0.5) is 17.6 Å². The Morgan fingerprint density at radius 1 is 1.11 bits per heavy atom. The number of aliphatic hydroxyl groups is 1. The highest BCUT2D eigenvalue weighted by molar-refractivity contribution is 5.90. The molecule has 0 unspecified atom stereocenters. The molecule has 0 atom stereocenters. The highest BCUT2D eigenvalue weighted by atomic mass is 19.2. The monoisotopic (exact) mass is 280 g/mol. The molecule has 0 radical (unpaired) electrons. The van der Waals surface area contributed by atoms with Crippen molar-refractivity contribution in [2.75, 3.05) is 13.7 Å². The maximum absolute atomic E-state index is 13.8. The molecule has 0 saturated carbocycles. The molecule has 1 aromatic carbocycles. The summed E-state index contributed by atoms with van der Waals surface area (Å²) in [5.74, 6) is -8.66. The van der Waals surface area contributed by atoms with Crippen LogP contribution in [0, 0.1) is 23.3 Å². The third kappa shape index (κ3) is 2.42. The summed E-state index contributed by atoms with van der Waals surface area (Å²) in [6.07, 6.45) is 0. The van der Waals surface area contributed by atoms with Crippen molar-refractivity contribution in [2.24, 2.45) is 0 Å². The van der Waals surface area contributed by atoms with Gasteiger partial charge in [-0.15, -0.1) is 0 Å². The fourth-order valence-corrected chi connectivity index (χ4v) is 1.59. The molecule has 7 heteroatoms. The molecule has 1 aromatic rings. The van der Waals surface area contributed by atoms with E-state index < -0.39 is 52.4 Å². The molecule has 19 heavy (non-hydrogen) atoms. The number of ether oxygens (including phenoxy) is 1. The lowest BCUT2D eigenvalue weighted by Crippen LogP contribution is -2.28. The molecule has 1 rings (SSSR count). The zero-order valence-corrected chi connectivity index (χ0v) is 10.5. The number of aliphatic hydroxyl groups excluding tert-OH is 1. The summed E-state index contributed by atoms with van der Waals surface area (Å²) in [4.78, 5) is 11.1. The molecular formula is C12H12F4O3. The number of hydrogen-bond donors (Lipinski definition) is 1. The lowest BCUT2D eigenvalue weighted by molar-refractivity contribution is 0.0586. The van der Waals surface area contributed by atoms with Gasteiger partial charge in [0.25, 0.3) is 0 Å². The Hall–Kier alpha value is -1.63. The Morgan fingerprint density at radius 3 is 1.84 bits per heavy atom. The second kappa shape index (κ2) is 5.16. The van der Waals surface area contributed by atoms with Crippen molar-refractivity contribution in [1.82, 2.24) is 0 Å². The van der Waals surface area contributed by atoms with Gasteiger partial charge in [-0.2, -0.15) is 0 Å². The van der Waals surface area contributed by atoms with Crippen LogP contribution < -0.4 is 0 Å². The van der Waals surface area contributed by atoms with Crippen LogP contribution in [0.3, 0.4) is 0 Å². The Bertz CT molecular complexity index is 497. The number of methoxy groups -OCH3 is 1. The number of carbonyl (C=O) groups excluding carboxylic acids is 1. The molecule has 0 aromatic heterocycles. The molecule has 0 amide bonds. The van der Waals surface area contributed by atoms with Gasteiger partial charge in [-0.1, -0.05) is 13.8 Å². The van der Waals surface area contributed by atoms with Gasteiger partial charge < -0.3 is 9.84 Å². The van der Waals surface area contributed by atoms with Crippen molar-refractivity contribution >= 4 is 5.97 Å². The number of hydrogen-bond acceptors (Lipinski definition) is 3. The lowest BCUT2D eigenvalue weighted by atomic mass is 9.84. The predicted molar refractivity (Wildman–Crippen MR) is 57.7 cm³/mol. The maximum atomic E-state index is 13.8. The number of halogens is 4. The molecular weight excluding hydrogens is 268 g/mol. The van der Waals surface area contributed by atoms with E-state index in [1.165, 1.54) is 13.8 Å². The van der Waals surface area contributed by atoms with Crippen LogP contribution in [0.1, 0.15) is 29.8 Å². The first-order valence-electron chi connectivity index (χ1n) is 5.24. The fourth-order valence-electron chi connectivity index (χ4n) is 1.59. The number of rotatable bonds is 3. The average Bonchev–Trinajstić information content (AvgIpc) is 2.36. The van der Waals surface area contributed by atoms with Crippen LogP contribution in [0.5, 0.6) is 0 Å². The Balaban J connectivity index is 3.71. The molecule has 0 spiro atoms. The fraction of sp³-hybridized carbons (Fsp3) is 0.417. The SMILES string of the molecule is COC(=O)c1c(F)c(F)c(C(C)(C)CO)c(F)c1F. The molecule has 3 nitrogen and oxygen atoms in total. The molecule has 0 bridgehead atoms. The molecule has 0 aliphatic carbocycles. The Labute approximate surface area is 106 Å². The van der Waals surface area contributed by atoms with E-state index >= 15 is 0 Å². The van der Waals surface area contributed by atoms with Crippen LogP contribution in [-0.2, 0) is 10.2 Å². The minimum atomic E-state index is -1.85. The van der Waals surface area contributed by atoms with Crippen LogP contribution in [0.25, 0.3) is 0 Å². The van der Waals surface area contributed by atoms with Crippen LogP contribution in [0.15, 0.2) is 0 Å². The zero-order valence-electron chi connectivity index (χ0n) is 10.5. The van der Waals surface area contributed by atoms with E-state index in [2.05, 4.69) is 4.74 Å². The largest absolute Gasteiger partial charge is 0.465 e. The first-order chi connectivity index (χ1) is 8.68. The van der Waals surface area contributed by atoms with E-state index in [4.69, 9.17) is 5.11 Å². The summed E-state index contributed by atoms with van der Waals surface area (Å²) >= 11 is 0. The third-order valence-corrected chi connectivity index (χ3v) is 2.72. The van der Waals surface area contributed by atoms with E-state index in [1.807, 2.05) is 0 Å². The smallest absolute Gasteiger partial charge is 0.344 e. The number of benzene rings is 1. The summed E-state index contributed by atoms with van der Waals surface area (Å²) in [5, 5.41) is 9.03. The molecule has 0 aliphatic heterocycles. The molecule has 0 aliphatic rings. The highest BCUT2D eigenvalue weighted by Crippen LogP contribution is 2.33. The summed E-state index contributed by atoms with van der Waals surface area (Å²) in [5.41, 5.74) is -3.95. The first-order valence-corrected chi connectivity index (χ1v) is 5.24. The van der Waals surface area contributed by atoms with E-state index in [1.54, 1.807) is 0 Å². The minimum absolute atomic E-state index is 0.739. The minimum Gasteiger partial charge on any atom is -0.465 e. The van der Waals surface area contributed by atoms with Gasteiger partial charge in [0.1, 0.15) is 5.56 Å². The Kier molecular flexibility index (Phi) is 4.19. The van der Waals surface area contributed by atoms with Crippen LogP contribution in [0.2, 0.25) is 0 Å². The highest BCUT2D eigenvalue weighted by Gasteiger charge is 2.36. The molecule has 0 fully saturated rings. The van der Waals surface area contributed by atoms with Gasteiger partial charge in [-0.3, -0.25) is 0 Å². The van der Waals surface area contributed by atoms with Crippen molar-refractivity contribution in [3.63, 3.8) is 0 Å².